The Kier molecular flexibility index (Phi) is 2.02. The van der Waals surface area contributed by atoms with Crippen LogP contribution in [0.1, 0.15) is 0 Å². The molecule has 1 nitrogen and oxygen atoms in total. The van der Waals surface area contributed by atoms with Gasteiger partial charge in [-0.05, 0) is 0 Å². The summed E-state index contributed by atoms with van der Waals surface area (Å²) in [5.74, 6) is -3.33. The third-order valence-electron chi connectivity index (χ3n) is 1.44. The Morgan fingerprint density at radius 2 is 1.33 bits per heavy atom. The Morgan fingerprint density at radius 3 is 1.42 bits per heavy atom. The van der Waals surface area contributed by atoms with E-state index < -0.39 is 31.0 Å². The van der Waals surface area contributed by atoms with E-state index >= 15 is 0 Å². The molecule has 1 aliphatic rings. The molecule has 0 bridgehead atoms. The van der Waals surface area contributed by atoms with Gasteiger partial charge in [-0.15, -0.1) is 0 Å². The summed E-state index contributed by atoms with van der Waals surface area (Å²) in [6.45, 7) is -0.469. The minimum absolute atomic E-state index is 0.469. The highest BCUT2D eigenvalue weighted by Gasteiger charge is 2.63. The third kappa shape index (κ3) is 2.02. The Hall–Kier alpha value is -0.460. The van der Waals surface area contributed by atoms with Crippen LogP contribution in [0, 0.1) is 5.92 Å². The molecule has 1 rings (SSSR count). The van der Waals surface area contributed by atoms with Crippen LogP contribution in [-0.4, -0.2) is 25.1 Å². The maximum absolute atomic E-state index is 11.7. The number of rotatable bonds is 1. The molecule has 72 valence electrons. The van der Waals surface area contributed by atoms with Crippen LogP contribution < -0.4 is 0 Å². The molecular weight excluding hydrogens is 190 g/mol. The molecule has 0 saturated carbocycles. The monoisotopic (exact) mass is 194 g/mol. The summed E-state index contributed by atoms with van der Waals surface area (Å²) in [6.07, 6.45) is -12.3. The second kappa shape index (κ2) is 2.51. The average Bonchev–Trinajstić information content (AvgIpc) is 2.38. The van der Waals surface area contributed by atoms with Crippen LogP contribution in [0.2, 0.25) is 0 Å². The molecule has 0 amide bonds. The zero-order valence-electron chi connectivity index (χ0n) is 5.54. The summed E-state index contributed by atoms with van der Waals surface area (Å²) in [5, 5.41) is 0. The molecule has 0 unspecified atom stereocenters. The molecule has 1 heterocycles. The van der Waals surface area contributed by atoms with Gasteiger partial charge in [0.25, 0.3) is 0 Å². The molecule has 0 radical (unpaired) electrons. The lowest BCUT2D eigenvalue weighted by Gasteiger charge is -2.20. The average molecular weight is 194 g/mol. The number of alkyl halides is 6. The van der Waals surface area contributed by atoms with Gasteiger partial charge in [0.15, 0.2) is 5.92 Å². The third-order valence-corrected chi connectivity index (χ3v) is 1.44. The van der Waals surface area contributed by atoms with E-state index in [1.54, 1.807) is 0 Å². The van der Waals surface area contributed by atoms with Crippen molar-refractivity contribution in [3.05, 3.63) is 0 Å². The van der Waals surface area contributed by atoms with Crippen molar-refractivity contribution < 1.29 is 31.1 Å². The Bertz CT molecular complexity index is 152. The van der Waals surface area contributed by atoms with Crippen LogP contribution >= 0.6 is 0 Å². The first kappa shape index (κ1) is 9.63. The van der Waals surface area contributed by atoms with Crippen LogP contribution in [0.4, 0.5) is 26.3 Å². The molecule has 1 fully saturated rings. The molecule has 12 heavy (non-hydrogen) atoms. The molecule has 0 N–H and O–H groups in total. The summed E-state index contributed by atoms with van der Waals surface area (Å²) in [4.78, 5) is 0. The van der Waals surface area contributed by atoms with Crippen molar-refractivity contribution in [2.24, 2.45) is 5.92 Å². The van der Waals surface area contributed by atoms with Gasteiger partial charge in [0, 0.05) is 0 Å². The minimum atomic E-state index is -5.26. The van der Waals surface area contributed by atoms with E-state index in [1.165, 1.54) is 0 Å². The van der Waals surface area contributed by atoms with Gasteiger partial charge in [-0.3, -0.25) is 0 Å². The van der Waals surface area contributed by atoms with Gasteiger partial charge >= 0.3 is 12.4 Å². The first-order valence-corrected chi connectivity index (χ1v) is 2.98. The largest absolute Gasteiger partial charge is 0.403 e. The first-order chi connectivity index (χ1) is 5.23. The minimum Gasteiger partial charge on any atom is -0.372 e. The smallest absolute Gasteiger partial charge is 0.372 e. The van der Waals surface area contributed by atoms with Crippen LogP contribution in [0.5, 0.6) is 0 Å². The lowest BCUT2D eigenvalue weighted by atomic mass is 10.1. The number of halogens is 6. The molecule has 0 aromatic heterocycles. The van der Waals surface area contributed by atoms with Crippen molar-refractivity contribution in [3.8, 4) is 0 Å². The lowest BCUT2D eigenvalue weighted by Crippen LogP contribution is -2.40. The molecular formula is C5H4F6O. The lowest BCUT2D eigenvalue weighted by molar-refractivity contribution is -0.288. The van der Waals surface area contributed by atoms with Gasteiger partial charge in [-0.1, -0.05) is 0 Å². The fourth-order valence-electron chi connectivity index (χ4n) is 0.855. The quantitative estimate of drug-likeness (QED) is 0.460. The van der Waals surface area contributed by atoms with E-state index in [4.69, 9.17) is 0 Å². The highest BCUT2D eigenvalue weighted by Crippen LogP contribution is 2.45. The summed E-state index contributed by atoms with van der Waals surface area (Å²) in [6, 6.07) is 0. The van der Waals surface area contributed by atoms with E-state index in [-0.39, 0.29) is 0 Å². The van der Waals surface area contributed by atoms with Gasteiger partial charge in [0.05, 0.1) is 6.61 Å². The SMILES string of the molecule is FC(F)(F)C([C@@H]1CO1)C(F)(F)F. The summed E-state index contributed by atoms with van der Waals surface area (Å²) < 4.78 is 74.2. The summed E-state index contributed by atoms with van der Waals surface area (Å²) in [7, 11) is 0. The Balaban J connectivity index is 2.74. The number of ether oxygens (including phenoxy) is 1. The molecule has 0 aliphatic carbocycles. The normalized spacial score (nSPS) is 24.8. The van der Waals surface area contributed by atoms with E-state index in [0.717, 1.165) is 0 Å². The second-order valence-electron chi connectivity index (χ2n) is 2.43. The summed E-state index contributed by atoms with van der Waals surface area (Å²) in [5.41, 5.74) is 0. The first-order valence-electron chi connectivity index (χ1n) is 2.98. The second-order valence-corrected chi connectivity index (χ2v) is 2.43. The fourth-order valence-corrected chi connectivity index (χ4v) is 0.855. The summed E-state index contributed by atoms with van der Waals surface area (Å²) >= 11 is 0. The molecule has 1 atom stereocenters. The van der Waals surface area contributed by atoms with Crippen molar-refractivity contribution in [2.75, 3.05) is 6.61 Å². The maximum Gasteiger partial charge on any atom is 0.403 e. The van der Waals surface area contributed by atoms with Crippen molar-refractivity contribution in [2.45, 2.75) is 18.5 Å². The van der Waals surface area contributed by atoms with E-state index in [1.807, 2.05) is 0 Å². The predicted octanol–water partition coefficient (Wildman–Crippen LogP) is 2.13. The van der Waals surface area contributed by atoms with E-state index in [0.29, 0.717) is 0 Å². The van der Waals surface area contributed by atoms with Crippen molar-refractivity contribution in [1.29, 1.82) is 0 Å². The van der Waals surface area contributed by atoms with Crippen molar-refractivity contribution in [1.82, 2.24) is 0 Å². The van der Waals surface area contributed by atoms with Crippen molar-refractivity contribution >= 4 is 0 Å². The van der Waals surface area contributed by atoms with Crippen molar-refractivity contribution in [3.63, 3.8) is 0 Å². The van der Waals surface area contributed by atoms with Gasteiger partial charge in [0.2, 0.25) is 0 Å². The highest BCUT2D eigenvalue weighted by molar-refractivity contribution is 4.89. The van der Waals surface area contributed by atoms with Crippen LogP contribution in [0.3, 0.4) is 0 Å². The van der Waals surface area contributed by atoms with Gasteiger partial charge < -0.3 is 4.74 Å². The molecule has 0 spiro atoms. The fraction of sp³-hybridized carbons (Fsp3) is 1.00. The molecule has 0 aromatic carbocycles. The molecule has 0 aromatic rings. The Morgan fingerprint density at radius 1 is 1.00 bits per heavy atom. The maximum atomic E-state index is 11.7. The standard InChI is InChI=1S/C5H4F6O/c6-4(7,8)3(2-1-12-2)5(9,10)11/h2-3H,1H2/t2-/m0/s1. The zero-order valence-corrected chi connectivity index (χ0v) is 5.54. The highest BCUT2D eigenvalue weighted by atomic mass is 19.4. The predicted molar refractivity (Wildman–Crippen MR) is 25.3 cm³/mol. The van der Waals surface area contributed by atoms with Crippen LogP contribution in [-0.2, 0) is 4.74 Å². The Labute approximate surface area is 63.3 Å². The number of epoxide rings is 1. The zero-order chi connectivity index (χ0) is 9.57. The van der Waals surface area contributed by atoms with E-state index in [9.17, 15) is 26.3 Å². The van der Waals surface area contributed by atoms with Gasteiger partial charge in [-0.25, -0.2) is 0 Å². The van der Waals surface area contributed by atoms with Gasteiger partial charge in [0.1, 0.15) is 6.10 Å². The van der Waals surface area contributed by atoms with Crippen LogP contribution in [0.25, 0.3) is 0 Å². The topological polar surface area (TPSA) is 12.5 Å². The number of hydrogen-bond acceptors (Lipinski definition) is 1. The number of hydrogen-bond donors (Lipinski definition) is 0. The van der Waals surface area contributed by atoms with Gasteiger partial charge in [-0.2, -0.15) is 26.3 Å². The molecule has 1 aliphatic heterocycles. The van der Waals surface area contributed by atoms with E-state index in [2.05, 4.69) is 4.74 Å². The molecule has 1 saturated heterocycles. The van der Waals surface area contributed by atoms with Crippen LogP contribution in [0.15, 0.2) is 0 Å². The molecule has 7 heteroatoms.